The van der Waals surface area contributed by atoms with Crippen LogP contribution in [0.15, 0.2) is 53.4 Å². The second-order valence-electron chi connectivity index (χ2n) is 6.01. The molecule has 0 saturated carbocycles. The van der Waals surface area contributed by atoms with Gasteiger partial charge in [-0.25, -0.2) is 0 Å². The molecule has 0 atom stereocenters. The number of nitrogens with one attached hydrogen (secondary N) is 1. The topological polar surface area (TPSA) is 49.4 Å². The standard InChI is InChI=1S/C20H16ClIN2O2S2/c21-16-5-2-1-4-13(16)12-17-19(26)24(20(27)28-17)11-3-6-18(25)23-15-9-7-14(22)8-10-15/h1-2,4-5,7-10,12H,3,6,11H2,(H,23,25)/b17-12+. The summed E-state index contributed by atoms with van der Waals surface area (Å²) in [7, 11) is 0. The average Bonchev–Trinajstić information content (AvgIpc) is 2.93. The molecule has 1 N–H and O–H groups in total. The van der Waals surface area contributed by atoms with E-state index in [0.29, 0.717) is 33.6 Å². The zero-order valence-corrected chi connectivity index (χ0v) is 19.2. The molecule has 2 aromatic rings. The highest BCUT2D eigenvalue weighted by Gasteiger charge is 2.31. The van der Waals surface area contributed by atoms with Gasteiger partial charge in [0.15, 0.2) is 0 Å². The number of benzene rings is 2. The van der Waals surface area contributed by atoms with Crippen LogP contribution < -0.4 is 5.32 Å². The zero-order valence-electron chi connectivity index (χ0n) is 14.7. The number of hydrogen-bond donors (Lipinski definition) is 1. The fourth-order valence-electron chi connectivity index (χ4n) is 2.58. The van der Waals surface area contributed by atoms with E-state index in [0.717, 1.165) is 14.8 Å². The highest BCUT2D eigenvalue weighted by atomic mass is 127. The molecule has 0 aliphatic carbocycles. The molecule has 1 fully saturated rings. The van der Waals surface area contributed by atoms with Gasteiger partial charge >= 0.3 is 0 Å². The van der Waals surface area contributed by atoms with Gasteiger partial charge < -0.3 is 5.32 Å². The molecule has 4 nitrogen and oxygen atoms in total. The Labute approximate surface area is 191 Å². The predicted molar refractivity (Wildman–Crippen MR) is 128 cm³/mol. The lowest BCUT2D eigenvalue weighted by Gasteiger charge is -2.14. The molecule has 2 aromatic carbocycles. The Balaban J connectivity index is 1.54. The van der Waals surface area contributed by atoms with Crippen molar-refractivity contribution in [1.29, 1.82) is 0 Å². The van der Waals surface area contributed by atoms with Crippen molar-refractivity contribution >= 4 is 86.1 Å². The molecule has 0 bridgehead atoms. The van der Waals surface area contributed by atoms with Crippen LogP contribution in [0.25, 0.3) is 6.08 Å². The number of nitrogens with zero attached hydrogens (tertiary/aromatic N) is 1. The quantitative estimate of drug-likeness (QED) is 0.295. The number of carbonyl (C=O) groups is 2. The number of thioether (sulfide) groups is 1. The van der Waals surface area contributed by atoms with Crippen LogP contribution in [0.1, 0.15) is 18.4 Å². The van der Waals surface area contributed by atoms with Gasteiger partial charge in [0.25, 0.3) is 5.91 Å². The molecule has 2 amide bonds. The monoisotopic (exact) mass is 542 g/mol. The maximum Gasteiger partial charge on any atom is 0.266 e. The minimum atomic E-state index is -0.145. The second-order valence-corrected chi connectivity index (χ2v) is 9.34. The third-order valence-corrected chi connectivity index (χ3v) is 6.42. The van der Waals surface area contributed by atoms with E-state index in [1.54, 1.807) is 17.0 Å². The van der Waals surface area contributed by atoms with Gasteiger partial charge in [-0.15, -0.1) is 0 Å². The van der Waals surface area contributed by atoms with E-state index < -0.39 is 0 Å². The lowest BCUT2D eigenvalue weighted by atomic mass is 10.2. The lowest BCUT2D eigenvalue weighted by Crippen LogP contribution is -2.29. The predicted octanol–water partition coefficient (Wildman–Crippen LogP) is 5.56. The lowest BCUT2D eigenvalue weighted by molar-refractivity contribution is -0.122. The largest absolute Gasteiger partial charge is 0.326 e. The smallest absolute Gasteiger partial charge is 0.266 e. The fraction of sp³-hybridized carbons (Fsp3) is 0.150. The highest BCUT2D eigenvalue weighted by Crippen LogP contribution is 2.33. The van der Waals surface area contributed by atoms with Crippen molar-refractivity contribution in [3.05, 3.63) is 67.6 Å². The second kappa shape index (κ2) is 9.87. The van der Waals surface area contributed by atoms with Crippen molar-refractivity contribution in [3.8, 4) is 0 Å². The first kappa shape index (κ1) is 21.3. The number of rotatable bonds is 6. The summed E-state index contributed by atoms with van der Waals surface area (Å²) in [6.45, 7) is 0.407. The molecular formula is C20H16ClIN2O2S2. The third-order valence-electron chi connectivity index (χ3n) is 3.98. The van der Waals surface area contributed by atoms with E-state index in [4.69, 9.17) is 23.8 Å². The Morgan fingerprint density at radius 3 is 2.64 bits per heavy atom. The van der Waals surface area contributed by atoms with Gasteiger partial charge in [0.1, 0.15) is 4.32 Å². The summed E-state index contributed by atoms with van der Waals surface area (Å²) in [4.78, 5) is 26.8. The van der Waals surface area contributed by atoms with Crippen molar-refractivity contribution in [2.45, 2.75) is 12.8 Å². The van der Waals surface area contributed by atoms with E-state index >= 15 is 0 Å². The first-order valence-corrected chi connectivity index (χ1v) is 11.2. The van der Waals surface area contributed by atoms with Crippen LogP contribution in [-0.4, -0.2) is 27.6 Å². The summed E-state index contributed by atoms with van der Waals surface area (Å²) in [5.74, 6) is -0.230. The Kier molecular flexibility index (Phi) is 7.50. The van der Waals surface area contributed by atoms with Gasteiger partial charge in [-0.1, -0.05) is 53.8 Å². The number of thiocarbonyl (C=S) groups is 1. The molecule has 0 radical (unpaired) electrons. The third kappa shape index (κ3) is 5.56. The number of hydrogen-bond acceptors (Lipinski definition) is 4. The first-order valence-electron chi connectivity index (χ1n) is 8.49. The highest BCUT2D eigenvalue weighted by molar-refractivity contribution is 14.1. The minimum Gasteiger partial charge on any atom is -0.326 e. The van der Waals surface area contributed by atoms with Gasteiger partial charge in [0.05, 0.1) is 4.91 Å². The molecule has 1 aliphatic heterocycles. The molecule has 3 rings (SSSR count). The zero-order chi connectivity index (χ0) is 20.1. The van der Waals surface area contributed by atoms with E-state index in [1.165, 1.54) is 11.8 Å². The maximum atomic E-state index is 12.6. The summed E-state index contributed by atoms with van der Waals surface area (Å²) in [5, 5.41) is 3.44. The normalized spacial score (nSPS) is 15.4. The SMILES string of the molecule is O=C(CCCN1C(=O)/C(=C\c2ccccc2Cl)SC1=S)Nc1ccc(I)cc1. The summed E-state index contributed by atoms with van der Waals surface area (Å²) in [6, 6.07) is 14.9. The van der Waals surface area contributed by atoms with Crippen molar-refractivity contribution in [2.75, 3.05) is 11.9 Å². The van der Waals surface area contributed by atoms with Crippen LogP contribution in [0.4, 0.5) is 5.69 Å². The summed E-state index contributed by atoms with van der Waals surface area (Å²) in [6.07, 6.45) is 2.60. The molecule has 144 valence electrons. The number of anilines is 1. The van der Waals surface area contributed by atoms with Gasteiger partial charge in [0, 0.05) is 27.2 Å². The van der Waals surface area contributed by atoms with Crippen LogP contribution in [0, 0.1) is 3.57 Å². The summed E-state index contributed by atoms with van der Waals surface area (Å²) in [5.41, 5.74) is 1.54. The van der Waals surface area contributed by atoms with E-state index in [1.807, 2.05) is 42.5 Å². The van der Waals surface area contributed by atoms with Gasteiger partial charge in [-0.3, -0.25) is 14.5 Å². The van der Waals surface area contributed by atoms with Gasteiger partial charge in [-0.2, -0.15) is 0 Å². The van der Waals surface area contributed by atoms with Crippen LogP contribution in [0.3, 0.4) is 0 Å². The summed E-state index contributed by atoms with van der Waals surface area (Å²) >= 11 is 15.0. The van der Waals surface area contributed by atoms with Crippen LogP contribution in [0.2, 0.25) is 5.02 Å². The number of carbonyl (C=O) groups excluding carboxylic acids is 2. The van der Waals surface area contributed by atoms with Gasteiger partial charge in [-0.05, 0) is 71.0 Å². The first-order chi connectivity index (χ1) is 13.4. The van der Waals surface area contributed by atoms with Crippen molar-refractivity contribution in [1.82, 2.24) is 4.90 Å². The summed E-state index contributed by atoms with van der Waals surface area (Å²) < 4.78 is 1.61. The average molecular weight is 543 g/mol. The molecule has 0 aromatic heterocycles. The maximum absolute atomic E-state index is 12.6. The Hall–Kier alpha value is -1.42. The van der Waals surface area contributed by atoms with E-state index in [-0.39, 0.29) is 11.8 Å². The Morgan fingerprint density at radius 2 is 1.93 bits per heavy atom. The molecule has 1 heterocycles. The minimum absolute atomic E-state index is 0.0849. The molecule has 0 spiro atoms. The van der Waals surface area contributed by atoms with Crippen LogP contribution in [-0.2, 0) is 9.59 Å². The number of halogens is 2. The number of amides is 2. The Morgan fingerprint density at radius 1 is 1.21 bits per heavy atom. The van der Waals surface area contributed by atoms with E-state index in [9.17, 15) is 9.59 Å². The van der Waals surface area contributed by atoms with Crippen LogP contribution >= 0.6 is 58.2 Å². The molecule has 1 aliphatic rings. The van der Waals surface area contributed by atoms with E-state index in [2.05, 4.69) is 27.9 Å². The Bertz CT molecular complexity index is 947. The molecule has 28 heavy (non-hydrogen) atoms. The molecule has 0 unspecified atom stereocenters. The van der Waals surface area contributed by atoms with Crippen molar-refractivity contribution < 1.29 is 9.59 Å². The van der Waals surface area contributed by atoms with Crippen LogP contribution in [0.5, 0.6) is 0 Å². The van der Waals surface area contributed by atoms with Gasteiger partial charge in [0.2, 0.25) is 5.91 Å². The molecule has 1 saturated heterocycles. The van der Waals surface area contributed by atoms with Crippen molar-refractivity contribution in [2.24, 2.45) is 0 Å². The fourth-order valence-corrected chi connectivity index (χ4v) is 4.43. The molecular weight excluding hydrogens is 527 g/mol. The molecule has 8 heteroatoms. The van der Waals surface area contributed by atoms with Crippen molar-refractivity contribution in [3.63, 3.8) is 0 Å².